The predicted molar refractivity (Wildman–Crippen MR) is 96.6 cm³/mol. The van der Waals surface area contributed by atoms with E-state index in [4.69, 9.17) is 18.7 Å². The average molecular weight is 366 g/mol. The Hall–Kier alpha value is -3.48. The molecule has 7 heteroatoms. The first-order chi connectivity index (χ1) is 13.2. The first kappa shape index (κ1) is 17.0. The van der Waals surface area contributed by atoms with Gasteiger partial charge in [0.05, 0.1) is 20.1 Å². The smallest absolute Gasteiger partial charge is 0.231 e. The number of methoxy groups -OCH3 is 1. The molecule has 3 aromatic rings. The maximum Gasteiger partial charge on any atom is 0.231 e. The van der Waals surface area contributed by atoms with Gasteiger partial charge in [0.25, 0.3) is 0 Å². The second-order valence-corrected chi connectivity index (χ2v) is 6.05. The van der Waals surface area contributed by atoms with Crippen molar-refractivity contribution in [2.75, 3.05) is 13.9 Å². The third-order valence-electron chi connectivity index (χ3n) is 4.21. The molecule has 0 radical (unpaired) electrons. The van der Waals surface area contributed by atoms with E-state index in [1.807, 2.05) is 42.5 Å². The number of fused-ring (bicyclic) bond motifs is 1. The van der Waals surface area contributed by atoms with Gasteiger partial charge in [-0.1, -0.05) is 17.3 Å². The van der Waals surface area contributed by atoms with Gasteiger partial charge in [0.15, 0.2) is 17.3 Å². The first-order valence-electron chi connectivity index (χ1n) is 8.46. The number of hydrogen-bond donors (Lipinski definition) is 1. The van der Waals surface area contributed by atoms with Crippen molar-refractivity contribution in [3.63, 3.8) is 0 Å². The van der Waals surface area contributed by atoms with E-state index >= 15 is 0 Å². The van der Waals surface area contributed by atoms with Gasteiger partial charge in [-0.25, -0.2) is 0 Å². The lowest BCUT2D eigenvalue weighted by Gasteiger charge is -2.04. The topological polar surface area (TPSA) is 82.8 Å². The molecule has 0 atom stereocenters. The zero-order valence-corrected chi connectivity index (χ0v) is 14.7. The fourth-order valence-corrected chi connectivity index (χ4v) is 2.76. The Balaban J connectivity index is 1.34. The third-order valence-corrected chi connectivity index (χ3v) is 4.21. The molecule has 1 aromatic heterocycles. The molecule has 0 saturated carbocycles. The van der Waals surface area contributed by atoms with E-state index in [9.17, 15) is 4.79 Å². The number of aromatic nitrogens is 1. The Kier molecular flexibility index (Phi) is 4.65. The predicted octanol–water partition coefficient (Wildman–Crippen LogP) is 2.94. The fraction of sp³-hybridized carbons (Fsp3) is 0.200. The maximum atomic E-state index is 12.1. The van der Waals surface area contributed by atoms with Crippen molar-refractivity contribution in [1.29, 1.82) is 0 Å². The van der Waals surface area contributed by atoms with Crippen LogP contribution in [0, 0.1) is 0 Å². The second-order valence-electron chi connectivity index (χ2n) is 6.05. The minimum Gasteiger partial charge on any atom is -0.497 e. The van der Waals surface area contributed by atoms with Gasteiger partial charge < -0.3 is 24.1 Å². The Morgan fingerprint density at radius 1 is 1.11 bits per heavy atom. The second kappa shape index (κ2) is 7.41. The molecule has 1 aliphatic heterocycles. The standard InChI is InChI=1S/C20H18N2O5/c1-24-16-5-2-13(3-6-16)8-20(23)21-11-15-10-18(27-22-15)14-4-7-17-19(9-14)26-12-25-17/h2-7,9-10H,8,11-12H2,1H3,(H,21,23). The van der Waals surface area contributed by atoms with Crippen molar-refractivity contribution in [1.82, 2.24) is 10.5 Å². The van der Waals surface area contributed by atoms with Crippen molar-refractivity contribution in [2.45, 2.75) is 13.0 Å². The maximum absolute atomic E-state index is 12.1. The van der Waals surface area contributed by atoms with Gasteiger partial charge in [-0.3, -0.25) is 4.79 Å². The summed E-state index contributed by atoms with van der Waals surface area (Å²) in [6.07, 6.45) is 0.289. The van der Waals surface area contributed by atoms with E-state index in [1.54, 1.807) is 13.2 Å². The van der Waals surface area contributed by atoms with Crippen LogP contribution in [-0.4, -0.2) is 25.0 Å². The highest BCUT2D eigenvalue weighted by Gasteiger charge is 2.16. The first-order valence-corrected chi connectivity index (χ1v) is 8.46. The Bertz CT molecular complexity index is 949. The summed E-state index contributed by atoms with van der Waals surface area (Å²) < 4.78 is 21.2. The molecule has 27 heavy (non-hydrogen) atoms. The molecule has 2 aromatic carbocycles. The van der Waals surface area contributed by atoms with Crippen molar-refractivity contribution in [3.8, 4) is 28.6 Å². The van der Waals surface area contributed by atoms with Crippen LogP contribution in [0.5, 0.6) is 17.2 Å². The summed E-state index contributed by atoms with van der Waals surface area (Å²) in [4.78, 5) is 12.1. The van der Waals surface area contributed by atoms with E-state index in [0.29, 0.717) is 29.5 Å². The highest BCUT2D eigenvalue weighted by molar-refractivity contribution is 5.78. The number of benzene rings is 2. The molecule has 138 valence electrons. The molecule has 0 bridgehead atoms. The summed E-state index contributed by atoms with van der Waals surface area (Å²) in [5.74, 6) is 2.67. The Morgan fingerprint density at radius 3 is 2.74 bits per heavy atom. The molecular weight excluding hydrogens is 348 g/mol. The molecule has 4 rings (SSSR count). The van der Waals surface area contributed by atoms with Crippen LogP contribution in [0.15, 0.2) is 53.1 Å². The summed E-state index contributed by atoms with van der Waals surface area (Å²) in [5.41, 5.74) is 2.39. The lowest BCUT2D eigenvalue weighted by molar-refractivity contribution is -0.120. The van der Waals surface area contributed by atoms with E-state index in [-0.39, 0.29) is 19.1 Å². The molecule has 0 saturated heterocycles. The zero-order valence-electron chi connectivity index (χ0n) is 14.7. The van der Waals surface area contributed by atoms with Crippen molar-refractivity contribution < 1.29 is 23.5 Å². The molecular formula is C20H18N2O5. The van der Waals surface area contributed by atoms with Gasteiger partial charge in [-0.05, 0) is 35.9 Å². The Labute approximate surface area is 155 Å². The normalized spacial score (nSPS) is 12.0. The minimum atomic E-state index is -0.0900. The molecule has 0 aliphatic carbocycles. The molecule has 1 aliphatic rings. The van der Waals surface area contributed by atoms with Crippen LogP contribution >= 0.6 is 0 Å². The number of carbonyl (C=O) groups excluding carboxylic acids is 1. The van der Waals surface area contributed by atoms with Crippen LogP contribution in [0.4, 0.5) is 0 Å². The number of ether oxygens (including phenoxy) is 3. The number of amides is 1. The van der Waals surface area contributed by atoms with Crippen LogP contribution in [0.1, 0.15) is 11.3 Å². The van der Waals surface area contributed by atoms with Crippen LogP contribution in [0.2, 0.25) is 0 Å². The lowest BCUT2D eigenvalue weighted by Crippen LogP contribution is -2.24. The highest BCUT2D eigenvalue weighted by Crippen LogP contribution is 2.35. The summed E-state index contributed by atoms with van der Waals surface area (Å²) in [6, 6.07) is 14.7. The molecule has 0 spiro atoms. The summed E-state index contributed by atoms with van der Waals surface area (Å²) in [5, 5.41) is 6.85. The number of nitrogens with zero attached hydrogens (tertiary/aromatic N) is 1. The van der Waals surface area contributed by atoms with E-state index < -0.39 is 0 Å². The summed E-state index contributed by atoms with van der Waals surface area (Å²) >= 11 is 0. The number of nitrogens with one attached hydrogen (secondary N) is 1. The highest BCUT2D eigenvalue weighted by atomic mass is 16.7. The fourth-order valence-electron chi connectivity index (χ4n) is 2.76. The number of hydrogen-bond acceptors (Lipinski definition) is 6. The largest absolute Gasteiger partial charge is 0.497 e. The van der Waals surface area contributed by atoms with Gasteiger partial charge in [0.2, 0.25) is 12.7 Å². The third kappa shape index (κ3) is 3.87. The van der Waals surface area contributed by atoms with Crippen LogP contribution in [0.3, 0.4) is 0 Å². The van der Waals surface area contributed by atoms with Gasteiger partial charge in [0, 0.05) is 11.6 Å². The van der Waals surface area contributed by atoms with E-state index in [1.165, 1.54) is 0 Å². The van der Waals surface area contributed by atoms with Gasteiger partial charge in [-0.15, -0.1) is 0 Å². The molecule has 2 heterocycles. The number of rotatable bonds is 6. The van der Waals surface area contributed by atoms with Gasteiger partial charge >= 0.3 is 0 Å². The van der Waals surface area contributed by atoms with Crippen LogP contribution in [0.25, 0.3) is 11.3 Å². The molecule has 1 amide bonds. The average Bonchev–Trinajstić information content (AvgIpc) is 3.35. The quantitative estimate of drug-likeness (QED) is 0.722. The van der Waals surface area contributed by atoms with E-state index in [0.717, 1.165) is 16.9 Å². The minimum absolute atomic E-state index is 0.0900. The van der Waals surface area contributed by atoms with E-state index in [2.05, 4.69) is 10.5 Å². The van der Waals surface area contributed by atoms with Gasteiger partial charge in [-0.2, -0.15) is 0 Å². The summed E-state index contributed by atoms with van der Waals surface area (Å²) in [6.45, 7) is 0.518. The van der Waals surface area contributed by atoms with Crippen molar-refractivity contribution in [3.05, 3.63) is 59.8 Å². The van der Waals surface area contributed by atoms with Crippen molar-refractivity contribution in [2.24, 2.45) is 0 Å². The lowest BCUT2D eigenvalue weighted by atomic mass is 10.1. The molecule has 7 nitrogen and oxygen atoms in total. The summed E-state index contributed by atoms with van der Waals surface area (Å²) in [7, 11) is 1.61. The van der Waals surface area contributed by atoms with Crippen LogP contribution in [-0.2, 0) is 17.8 Å². The van der Waals surface area contributed by atoms with Gasteiger partial charge in [0.1, 0.15) is 11.4 Å². The molecule has 1 N–H and O–H groups in total. The van der Waals surface area contributed by atoms with Crippen molar-refractivity contribution >= 4 is 5.91 Å². The monoisotopic (exact) mass is 366 g/mol. The SMILES string of the molecule is COc1ccc(CC(=O)NCc2cc(-c3ccc4c(c3)OCO4)on2)cc1. The molecule has 0 unspecified atom stereocenters. The zero-order chi connectivity index (χ0) is 18.6. The Morgan fingerprint density at radius 2 is 1.93 bits per heavy atom. The number of carbonyl (C=O) groups is 1. The molecule has 0 fully saturated rings. The van der Waals surface area contributed by atoms with Crippen LogP contribution < -0.4 is 19.5 Å².